The molecule has 0 N–H and O–H groups in total. The van der Waals surface area contributed by atoms with Gasteiger partial charge in [-0.15, -0.1) is 0 Å². The molecule has 3 heteroatoms. The first-order chi connectivity index (χ1) is 16.9. The fourth-order valence-electron chi connectivity index (χ4n) is 4.94. The van der Waals surface area contributed by atoms with E-state index in [0.717, 1.165) is 0 Å². The fourth-order valence-corrected chi connectivity index (χ4v) is 16.6. The number of rotatable bonds is 4. The monoisotopic (exact) mass is 670 g/mol. The van der Waals surface area contributed by atoms with E-state index in [0.29, 0.717) is 0 Å². The van der Waals surface area contributed by atoms with E-state index in [4.69, 9.17) is 0 Å². The maximum atomic E-state index is 2.42. The molecule has 0 bridgehead atoms. The van der Waals surface area contributed by atoms with Gasteiger partial charge in [-0.25, -0.2) is 0 Å². The fraction of sp³-hybridized carbons (Fsp3) is 0. The van der Waals surface area contributed by atoms with Gasteiger partial charge in [-0.2, -0.15) is 0 Å². The van der Waals surface area contributed by atoms with Crippen LogP contribution in [0, 0.1) is 0 Å². The topological polar surface area (TPSA) is 0 Å². The van der Waals surface area contributed by atoms with Gasteiger partial charge in [0.2, 0.25) is 0 Å². The minimum absolute atomic E-state index is 0. The van der Waals surface area contributed by atoms with Crippen LogP contribution in [-0.2, 0) is 21.0 Å². The number of hydrogen-bond donors (Lipinski definition) is 0. The molecule has 4 aliphatic carbocycles. The van der Waals surface area contributed by atoms with E-state index in [2.05, 4.69) is 146 Å². The van der Waals surface area contributed by atoms with Gasteiger partial charge in [0.1, 0.15) is 0 Å². The minimum atomic E-state index is -2.92. The number of halogens is 2. The summed E-state index contributed by atoms with van der Waals surface area (Å²) in [6.07, 6.45) is 0. The van der Waals surface area contributed by atoms with E-state index in [1.54, 1.807) is 9.90 Å². The quantitative estimate of drug-likeness (QED) is 0.243. The first kappa shape index (κ1) is 26.2. The summed E-state index contributed by atoms with van der Waals surface area (Å²) in [6, 6.07) is 53.6. The third-order valence-electron chi connectivity index (χ3n) is 6.50. The number of fused-ring (bicyclic) bond motifs is 2. The van der Waals surface area contributed by atoms with Crippen LogP contribution < -0.4 is 31.5 Å². The zero-order chi connectivity index (χ0) is 22.7. The molecule has 0 unspecified atom stereocenters. The van der Waals surface area contributed by atoms with Crippen molar-refractivity contribution in [2.75, 3.05) is 0 Å². The van der Waals surface area contributed by atoms with Gasteiger partial charge in [-0.3, -0.25) is 0 Å². The van der Waals surface area contributed by atoms with Crippen molar-refractivity contribution in [1.82, 2.24) is 0 Å². The second-order valence-electron chi connectivity index (χ2n) is 8.54. The molecule has 2 aromatic rings. The molecule has 0 saturated carbocycles. The van der Waals surface area contributed by atoms with Gasteiger partial charge < -0.3 is 24.8 Å². The zero-order valence-corrected chi connectivity index (χ0v) is 24.7. The van der Waals surface area contributed by atoms with Crippen molar-refractivity contribution < 1.29 is 45.8 Å². The summed E-state index contributed by atoms with van der Waals surface area (Å²) in [5.41, 5.74) is 8.13. The summed E-state index contributed by atoms with van der Waals surface area (Å²) in [5.74, 6) is 0. The van der Waals surface area contributed by atoms with Crippen LogP contribution in [0.4, 0.5) is 0 Å². The van der Waals surface area contributed by atoms with Crippen LogP contribution >= 0.6 is 0 Å². The zero-order valence-electron chi connectivity index (χ0n) is 19.6. The predicted octanol–water partition coefficient (Wildman–Crippen LogP) is 0.742. The Hall–Kier alpha value is -2.84. The summed E-state index contributed by atoms with van der Waals surface area (Å²) in [6.45, 7) is 0. The predicted molar refractivity (Wildman–Crippen MR) is 141 cm³/mol. The van der Waals surface area contributed by atoms with Crippen LogP contribution in [-0.4, -0.2) is 3.26 Å². The summed E-state index contributed by atoms with van der Waals surface area (Å²) in [4.78, 5) is 0. The molecule has 6 rings (SSSR count). The molecule has 0 atom stereocenters. The first-order valence-electron chi connectivity index (χ1n) is 11.7. The van der Waals surface area contributed by atoms with Gasteiger partial charge in [-0.1, -0.05) is 0 Å². The van der Waals surface area contributed by atoms with Gasteiger partial charge >= 0.3 is 210 Å². The maximum absolute atomic E-state index is 2.92. The molecule has 0 nitrogen and oxygen atoms in total. The normalized spacial score (nSPS) is 10.1. The van der Waals surface area contributed by atoms with Crippen molar-refractivity contribution in [2.24, 2.45) is 0 Å². The first-order valence-corrected chi connectivity index (χ1v) is 17.1. The molecule has 36 heavy (non-hydrogen) atoms. The summed E-state index contributed by atoms with van der Waals surface area (Å²) in [7, 11) is 0. The van der Waals surface area contributed by atoms with Crippen molar-refractivity contribution in [3.63, 3.8) is 0 Å². The average Bonchev–Trinajstić information content (AvgIpc) is 3.27. The standard InChI is InChI=1S/C13H10.2C10H7.2ClH.Hf/c1-3-7-12(8-4-1)11-13-9-5-2-6-10-13;2*1-2-5-9-7-4-8-10(9)6-3-1;;;/h1-10H;2*1-7H;2*1H;/q;;;;;+2/p-2. The SMILES string of the molecule is [Cl-].[Cl-].c1ccc([C](c2ccccc2)=[Hf+2]([c]2ccc3cccccc2-3)[c]2ccc3cccccc2-3)cc1. The van der Waals surface area contributed by atoms with Gasteiger partial charge in [-0.05, 0) is 0 Å². The van der Waals surface area contributed by atoms with Crippen molar-refractivity contribution in [3.8, 4) is 22.3 Å². The molecular formula is C33H24Cl2Hf. The molecule has 0 heterocycles. The Kier molecular flexibility index (Phi) is 8.69. The summed E-state index contributed by atoms with van der Waals surface area (Å²) < 4.78 is 4.65. The summed E-state index contributed by atoms with van der Waals surface area (Å²) >= 11 is -2.92. The Labute approximate surface area is 233 Å². The molecule has 0 spiro atoms. The Morgan fingerprint density at radius 1 is 0.361 bits per heavy atom. The molecule has 0 amide bonds. The van der Waals surface area contributed by atoms with E-state index >= 15 is 0 Å². The van der Waals surface area contributed by atoms with Crippen LogP contribution in [0.25, 0.3) is 22.3 Å². The van der Waals surface area contributed by atoms with Gasteiger partial charge in [0.15, 0.2) is 0 Å². The second kappa shape index (κ2) is 11.9. The molecule has 0 radical (unpaired) electrons. The molecule has 4 aliphatic rings. The van der Waals surface area contributed by atoms with Crippen LogP contribution in [0.3, 0.4) is 0 Å². The molecule has 0 saturated heterocycles. The average molecular weight is 670 g/mol. The van der Waals surface area contributed by atoms with E-state index < -0.39 is 21.0 Å². The van der Waals surface area contributed by atoms with Gasteiger partial charge in [0.05, 0.1) is 0 Å². The molecule has 0 aromatic heterocycles. The van der Waals surface area contributed by atoms with E-state index in [1.807, 2.05) is 0 Å². The van der Waals surface area contributed by atoms with E-state index in [-0.39, 0.29) is 24.8 Å². The molecule has 2 aromatic carbocycles. The van der Waals surface area contributed by atoms with Crippen molar-refractivity contribution >= 4 is 9.90 Å². The van der Waals surface area contributed by atoms with E-state index in [1.165, 1.54) is 33.4 Å². The number of benzene rings is 2. The third-order valence-corrected chi connectivity index (χ3v) is 17.4. The third kappa shape index (κ3) is 5.02. The number of hydrogen-bond acceptors (Lipinski definition) is 0. The van der Waals surface area contributed by atoms with Crippen LogP contribution in [0.1, 0.15) is 11.1 Å². The van der Waals surface area contributed by atoms with Crippen LogP contribution in [0.5, 0.6) is 0 Å². The Balaban J connectivity index is 0.00000152. The van der Waals surface area contributed by atoms with E-state index in [9.17, 15) is 0 Å². The van der Waals surface area contributed by atoms with Crippen molar-refractivity contribution in [3.05, 3.63) is 157 Å². The molecule has 0 aliphatic heterocycles. The molecular weight excluding hydrogens is 646 g/mol. The van der Waals surface area contributed by atoms with Gasteiger partial charge in [0, 0.05) is 0 Å². The molecule has 174 valence electrons. The molecule has 0 fully saturated rings. The Morgan fingerprint density at radius 3 is 1.14 bits per heavy atom. The van der Waals surface area contributed by atoms with Crippen LogP contribution in [0.15, 0.2) is 146 Å². The summed E-state index contributed by atoms with van der Waals surface area (Å²) in [5, 5.41) is 0. The Bertz CT molecular complexity index is 1420. The van der Waals surface area contributed by atoms with Crippen molar-refractivity contribution in [2.45, 2.75) is 0 Å². The Morgan fingerprint density at radius 2 is 0.722 bits per heavy atom. The van der Waals surface area contributed by atoms with Gasteiger partial charge in [0.25, 0.3) is 0 Å². The van der Waals surface area contributed by atoms with Crippen LogP contribution in [0.2, 0.25) is 0 Å². The second-order valence-corrected chi connectivity index (χ2v) is 16.9. The van der Waals surface area contributed by atoms with Crippen molar-refractivity contribution in [1.29, 1.82) is 0 Å².